The molecular weight excluding hydrogens is 341 g/mol. The van der Waals surface area contributed by atoms with Crippen molar-refractivity contribution in [2.24, 2.45) is 0 Å². The number of anilines is 1. The molecule has 1 saturated heterocycles. The number of aryl methyl sites for hydroxylation is 1. The van der Waals surface area contributed by atoms with Gasteiger partial charge >= 0.3 is 0 Å². The molecular formula is C14H19Cl2N5O2. The fourth-order valence-corrected chi connectivity index (χ4v) is 2.63. The van der Waals surface area contributed by atoms with Gasteiger partial charge in [0.15, 0.2) is 0 Å². The van der Waals surface area contributed by atoms with Crippen LogP contribution in [0.15, 0.2) is 30.6 Å². The maximum atomic E-state index is 11.3. The highest BCUT2D eigenvalue weighted by molar-refractivity contribution is 5.85. The molecule has 1 aliphatic heterocycles. The molecule has 2 aromatic rings. The summed E-state index contributed by atoms with van der Waals surface area (Å²) >= 11 is 0. The molecule has 1 aliphatic rings. The summed E-state index contributed by atoms with van der Waals surface area (Å²) in [6.45, 7) is 5.13. The third kappa shape index (κ3) is 3.93. The molecule has 0 bridgehead atoms. The zero-order valence-electron chi connectivity index (χ0n) is 12.6. The lowest BCUT2D eigenvalue weighted by atomic mass is 10.2. The maximum Gasteiger partial charge on any atom is 0.292 e. The Labute approximate surface area is 146 Å². The molecule has 0 atom stereocenters. The van der Waals surface area contributed by atoms with Crippen molar-refractivity contribution in [3.05, 3.63) is 46.5 Å². The first-order valence-electron chi connectivity index (χ1n) is 6.91. The number of nitrogens with zero attached hydrogens (tertiary/aromatic N) is 4. The van der Waals surface area contributed by atoms with Crippen LogP contribution in [-0.2, 0) is 0 Å². The normalized spacial score (nSPS) is 13.9. The van der Waals surface area contributed by atoms with Crippen molar-refractivity contribution in [3.63, 3.8) is 0 Å². The summed E-state index contributed by atoms with van der Waals surface area (Å²) in [7, 11) is 0. The summed E-state index contributed by atoms with van der Waals surface area (Å²) in [4.78, 5) is 17.2. The molecule has 9 heteroatoms. The molecule has 0 radical (unpaired) electrons. The zero-order chi connectivity index (χ0) is 14.8. The van der Waals surface area contributed by atoms with Gasteiger partial charge in [0, 0.05) is 50.3 Å². The second-order valence-corrected chi connectivity index (χ2v) is 5.01. The Kier molecular flexibility index (Phi) is 6.80. The van der Waals surface area contributed by atoms with Gasteiger partial charge in [-0.2, -0.15) is 0 Å². The van der Waals surface area contributed by atoms with Gasteiger partial charge in [0.05, 0.1) is 4.92 Å². The van der Waals surface area contributed by atoms with E-state index in [4.69, 9.17) is 0 Å². The number of nitro groups is 1. The van der Waals surface area contributed by atoms with Crippen molar-refractivity contribution < 1.29 is 4.92 Å². The Hall–Kier alpha value is -1.83. The Morgan fingerprint density at radius 3 is 2.52 bits per heavy atom. The number of nitrogens with one attached hydrogen (secondary N) is 1. The molecule has 0 aliphatic carbocycles. The van der Waals surface area contributed by atoms with Gasteiger partial charge in [0.25, 0.3) is 5.69 Å². The van der Waals surface area contributed by atoms with E-state index in [0.29, 0.717) is 5.69 Å². The smallest absolute Gasteiger partial charge is 0.292 e. The van der Waals surface area contributed by atoms with Crippen LogP contribution in [0.1, 0.15) is 5.82 Å². The SMILES string of the molecule is Cc1nccn1-c1ccc([N+](=O)[O-])c(N2CCNCC2)c1.Cl.Cl. The number of nitro benzene ring substituents is 1. The highest BCUT2D eigenvalue weighted by Crippen LogP contribution is 2.31. The molecule has 1 fully saturated rings. The first kappa shape index (κ1) is 19.2. The van der Waals surface area contributed by atoms with E-state index in [1.54, 1.807) is 18.3 Å². The topological polar surface area (TPSA) is 76.2 Å². The number of piperazine rings is 1. The van der Waals surface area contributed by atoms with E-state index in [1.165, 1.54) is 0 Å². The van der Waals surface area contributed by atoms with E-state index in [1.807, 2.05) is 23.8 Å². The predicted octanol–water partition coefficient (Wildman–Crippen LogP) is 2.34. The van der Waals surface area contributed by atoms with E-state index in [-0.39, 0.29) is 35.4 Å². The average molecular weight is 360 g/mol. The number of hydrogen-bond donors (Lipinski definition) is 1. The first-order valence-corrected chi connectivity index (χ1v) is 6.91. The van der Waals surface area contributed by atoms with Crippen molar-refractivity contribution in [3.8, 4) is 5.69 Å². The number of hydrogen-bond acceptors (Lipinski definition) is 5. The molecule has 0 unspecified atom stereocenters. The Bertz CT molecular complexity index is 671. The van der Waals surface area contributed by atoms with Crippen molar-refractivity contribution in [2.75, 3.05) is 31.1 Å². The Balaban J connectivity index is 0.00000132. The van der Waals surface area contributed by atoms with Gasteiger partial charge in [0.1, 0.15) is 11.5 Å². The average Bonchev–Trinajstić information content (AvgIpc) is 2.93. The molecule has 1 N–H and O–H groups in total. The Morgan fingerprint density at radius 2 is 1.96 bits per heavy atom. The minimum Gasteiger partial charge on any atom is -0.363 e. The van der Waals surface area contributed by atoms with E-state index in [9.17, 15) is 10.1 Å². The van der Waals surface area contributed by atoms with E-state index >= 15 is 0 Å². The van der Waals surface area contributed by atoms with Gasteiger partial charge in [-0.15, -0.1) is 24.8 Å². The summed E-state index contributed by atoms with van der Waals surface area (Å²) < 4.78 is 1.93. The van der Waals surface area contributed by atoms with Crippen LogP contribution in [0, 0.1) is 17.0 Å². The lowest BCUT2D eigenvalue weighted by molar-refractivity contribution is -0.384. The number of rotatable bonds is 3. The third-order valence-corrected chi connectivity index (χ3v) is 3.72. The van der Waals surface area contributed by atoms with Gasteiger partial charge < -0.3 is 14.8 Å². The fourth-order valence-electron chi connectivity index (χ4n) is 2.63. The third-order valence-electron chi connectivity index (χ3n) is 3.72. The van der Waals surface area contributed by atoms with Crippen molar-refractivity contribution in [1.82, 2.24) is 14.9 Å². The second-order valence-electron chi connectivity index (χ2n) is 5.01. The van der Waals surface area contributed by atoms with Gasteiger partial charge in [-0.3, -0.25) is 10.1 Å². The molecule has 0 amide bonds. The predicted molar refractivity (Wildman–Crippen MR) is 94.5 cm³/mol. The number of aromatic nitrogens is 2. The number of halogens is 2. The van der Waals surface area contributed by atoms with Crippen molar-refractivity contribution in [1.29, 1.82) is 0 Å². The molecule has 0 saturated carbocycles. The fraction of sp³-hybridized carbons (Fsp3) is 0.357. The van der Waals surface area contributed by atoms with Gasteiger partial charge in [-0.1, -0.05) is 0 Å². The molecule has 3 rings (SSSR count). The molecule has 2 heterocycles. The maximum absolute atomic E-state index is 11.3. The van der Waals surface area contributed by atoms with Gasteiger partial charge in [-0.05, 0) is 19.1 Å². The summed E-state index contributed by atoms with van der Waals surface area (Å²) in [6, 6.07) is 5.21. The molecule has 1 aromatic carbocycles. The molecule has 23 heavy (non-hydrogen) atoms. The van der Waals surface area contributed by atoms with E-state index in [2.05, 4.69) is 15.2 Å². The van der Waals surface area contributed by atoms with E-state index < -0.39 is 0 Å². The van der Waals surface area contributed by atoms with Crippen LogP contribution in [0.2, 0.25) is 0 Å². The number of imidazole rings is 1. The molecule has 1 aromatic heterocycles. The zero-order valence-corrected chi connectivity index (χ0v) is 14.3. The minimum atomic E-state index is -0.318. The van der Waals surface area contributed by atoms with Crippen LogP contribution in [0.25, 0.3) is 5.69 Å². The minimum absolute atomic E-state index is 0. The standard InChI is InChI=1S/C14H17N5O2.2ClH/c1-11-16-6-9-18(11)12-2-3-13(19(20)21)14(10-12)17-7-4-15-5-8-17;;/h2-3,6,9-10,15H,4-5,7-8H2,1H3;2*1H. The number of benzene rings is 1. The van der Waals surface area contributed by atoms with Crippen LogP contribution in [0.5, 0.6) is 0 Å². The summed E-state index contributed by atoms with van der Waals surface area (Å²) in [6.07, 6.45) is 3.58. The van der Waals surface area contributed by atoms with Gasteiger partial charge in [-0.25, -0.2) is 4.98 Å². The quantitative estimate of drug-likeness (QED) is 0.672. The van der Waals surface area contributed by atoms with Crippen LogP contribution in [-0.4, -0.2) is 40.7 Å². The summed E-state index contributed by atoms with van der Waals surface area (Å²) in [5.41, 5.74) is 1.72. The Morgan fingerprint density at radius 1 is 1.26 bits per heavy atom. The lowest BCUT2D eigenvalue weighted by Crippen LogP contribution is -2.43. The van der Waals surface area contributed by atoms with Gasteiger partial charge in [0.2, 0.25) is 0 Å². The molecule has 126 valence electrons. The summed E-state index contributed by atoms with van der Waals surface area (Å²) in [5, 5.41) is 14.5. The first-order chi connectivity index (χ1) is 10.2. The van der Waals surface area contributed by atoms with Crippen molar-refractivity contribution in [2.45, 2.75) is 6.92 Å². The van der Waals surface area contributed by atoms with Crippen LogP contribution in [0.4, 0.5) is 11.4 Å². The lowest BCUT2D eigenvalue weighted by Gasteiger charge is -2.29. The molecule has 7 nitrogen and oxygen atoms in total. The van der Waals surface area contributed by atoms with Crippen LogP contribution < -0.4 is 10.2 Å². The largest absolute Gasteiger partial charge is 0.363 e. The van der Waals surface area contributed by atoms with Crippen LogP contribution >= 0.6 is 24.8 Å². The summed E-state index contributed by atoms with van der Waals surface area (Å²) in [5.74, 6) is 0.857. The second kappa shape index (κ2) is 8.14. The monoisotopic (exact) mass is 359 g/mol. The van der Waals surface area contributed by atoms with E-state index in [0.717, 1.165) is 37.7 Å². The van der Waals surface area contributed by atoms with Crippen molar-refractivity contribution >= 4 is 36.2 Å². The highest BCUT2D eigenvalue weighted by atomic mass is 35.5. The van der Waals surface area contributed by atoms with Crippen LogP contribution in [0.3, 0.4) is 0 Å². The highest BCUT2D eigenvalue weighted by Gasteiger charge is 2.21. The molecule has 0 spiro atoms.